The van der Waals surface area contributed by atoms with E-state index in [4.69, 9.17) is 9.72 Å². The van der Waals surface area contributed by atoms with E-state index < -0.39 is 0 Å². The maximum atomic E-state index is 14.5. The van der Waals surface area contributed by atoms with Crippen LogP contribution in [0.3, 0.4) is 0 Å². The largest absolute Gasteiger partial charge is 0.469 e. The highest BCUT2D eigenvalue weighted by Gasteiger charge is 2.51. The molecular formula is C25H30BrFN4O2. The number of rotatable bonds is 7. The summed E-state index contributed by atoms with van der Waals surface area (Å²) in [5, 5.41) is 3.41. The van der Waals surface area contributed by atoms with Gasteiger partial charge in [-0.1, -0.05) is 22.0 Å². The lowest BCUT2D eigenvalue weighted by molar-refractivity contribution is -0.142. The lowest BCUT2D eigenvalue weighted by Crippen LogP contribution is -2.71. The number of aryl methyl sites for hydroxylation is 1. The molecule has 1 spiro atoms. The molecule has 2 aromatic rings. The third kappa shape index (κ3) is 4.93. The molecule has 5 rings (SSSR count). The van der Waals surface area contributed by atoms with Crippen molar-refractivity contribution in [2.24, 2.45) is 5.41 Å². The van der Waals surface area contributed by atoms with Crippen molar-refractivity contribution in [1.29, 1.82) is 0 Å². The van der Waals surface area contributed by atoms with Gasteiger partial charge in [-0.2, -0.15) is 0 Å². The van der Waals surface area contributed by atoms with Crippen molar-refractivity contribution in [3.63, 3.8) is 0 Å². The standard InChI is InChI=1S/C25H30BrFN4O2/c1-33-23(32)9-18(21-10-19(26)5-7-22(21)27)11-30-13-25(14-30)15-31(16-25)12-20-6-4-17-3-2-8-28-24(17)29-20/h4-7,10,18H,2-3,8-9,11-16H2,1H3,(H,28,29)/t18-/m1/s1. The van der Waals surface area contributed by atoms with Crippen molar-refractivity contribution < 1.29 is 13.9 Å². The Kier molecular flexibility index (Phi) is 6.42. The van der Waals surface area contributed by atoms with E-state index in [1.807, 2.05) is 0 Å². The van der Waals surface area contributed by atoms with Crippen molar-refractivity contribution in [3.05, 3.63) is 57.4 Å². The highest BCUT2D eigenvalue weighted by atomic mass is 79.9. The molecule has 176 valence electrons. The molecule has 6 nitrogen and oxygen atoms in total. The minimum atomic E-state index is -0.309. The van der Waals surface area contributed by atoms with Crippen molar-refractivity contribution in [3.8, 4) is 0 Å². The molecule has 1 aromatic carbocycles. The Morgan fingerprint density at radius 1 is 1.24 bits per heavy atom. The smallest absolute Gasteiger partial charge is 0.306 e. The SMILES string of the molecule is COC(=O)C[C@H](CN1CC2(CN(Cc3ccc4c(n3)NCCC4)C2)C1)c1cc(Br)ccc1F. The molecule has 4 heterocycles. The van der Waals surface area contributed by atoms with Gasteiger partial charge in [0.15, 0.2) is 0 Å². The molecule has 3 aliphatic heterocycles. The fourth-order valence-electron chi connectivity index (χ4n) is 5.63. The number of hydrogen-bond donors (Lipinski definition) is 1. The average Bonchev–Trinajstić information content (AvgIpc) is 2.77. The molecule has 0 amide bonds. The molecule has 8 heteroatoms. The second-order valence-electron chi connectivity index (χ2n) is 9.80. The number of carbonyl (C=O) groups is 1. The number of methoxy groups -OCH3 is 1. The van der Waals surface area contributed by atoms with E-state index >= 15 is 0 Å². The van der Waals surface area contributed by atoms with E-state index in [0.29, 0.717) is 17.5 Å². The zero-order valence-electron chi connectivity index (χ0n) is 18.9. The molecule has 0 unspecified atom stereocenters. The average molecular weight is 517 g/mol. The summed E-state index contributed by atoms with van der Waals surface area (Å²) in [6.45, 7) is 6.62. The van der Waals surface area contributed by atoms with E-state index in [-0.39, 0.29) is 24.1 Å². The number of pyridine rings is 1. The number of aromatic nitrogens is 1. The van der Waals surface area contributed by atoms with Crippen LogP contribution < -0.4 is 5.32 Å². The maximum absolute atomic E-state index is 14.5. The summed E-state index contributed by atoms with van der Waals surface area (Å²) in [6, 6.07) is 9.29. The van der Waals surface area contributed by atoms with Crippen LogP contribution in [0.25, 0.3) is 0 Å². The lowest BCUT2D eigenvalue weighted by Gasteiger charge is -2.61. The number of halogens is 2. The zero-order valence-corrected chi connectivity index (χ0v) is 20.5. The molecule has 0 saturated carbocycles. The summed E-state index contributed by atoms with van der Waals surface area (Å²) in [7, 11) is 1.38. The van der Waals surface area contributed by atoms with E-state index in [1.54, 1.807) is 12.1 Å². The molecule has 1 N–H and O–H groups in total. The molecular weight excluding hydrogens is 487 g/mol. The first kappa shape index (κ1) is 22.7. The monoisotopic (exact) mass is 516 g/mol. The van der Waals surface area contributed by atoms with Gasteiger partial charge in [0, 0.05) is 61.6 Å². The third-order valence-corrected chi connectivity index (χ3v) is 7.58. The number of nitrogens with zero attached hydrogens (tertiary/aromatic N) is 3. The third-order valence-electron chi connectivity index (χ3n) is 7.09. The minimum absolute atomic E-state index is 0.178. The first-order valence-electron chi connectivity index (χ1n) is 11.6. The quantitative estimate of drug-likeness (QED) is 0.564. The van der Waals surface area contributed by atoms with Gasteiger partial charge in [0.2, 0.25) is 0 Å². The lowest BCUT2D eigenvalue weighted by atomic mass is 9.72. The summed E-state index contributed by atoms with van der Waals surface area (Å²) >= 11 is 3.43. The van der Waals surface area contributed by atoms with Crippen LogP contribution in [0.4, 0.5) is 10.2 Å². The number of esters is 1. The Bertz CT molecular complexity index is 1040. The Balaban J connectivity index is 1.15. The van der Waals surface area contributed by atoms with Gasteiger partial charge in [-0.3, -0.25) is 9.69 Å². The predicted molar refractivity (Wildman–Crippen MR) is 129 cm³/mol. The van der Waals surface area contributed by atoms with Crippen molar-refractivity contribution in [2.75, 3.05) is 51.7 Å². The van der Waals surface area contributed by atoms with Crippen LogP contribution in [0.15, 0.2) is 34.8 Å². The molecule has 0 aliphatic carbocycles. The molecule has 0 radical (unpaired) electrons. The molecule has 2 saturated heterocycles. The van der Waals surface area contributed by atoms with Gasteiger partial charge in [0.05, 0.1) is 19.2 Å². The van der Waals surface area contributed by atoms with Crippen molar-refractivity contribution >= 4 is 27.7 Å². The van der Waals surface area contributed by atoms with Crippen LogP contribution in [0.1, 0.15) is 35.6 Å². The van der Waals surface area contributed by atoms with Gasteiger partial charge >= 0.3 is 5.97 Å². The van der Waals surface area contributed by atoms with Gasteiger partial charge < -0.3 is 15.0 Å². The number of carbonyl (C=O) groups excluding carboxylic acids is 1. The Hall–Kier alpha value is -2.03. The number of nitrogens with one attached hydrogen (secondary N) is 1. The highest BCUT2D eigenvalue weighted by molar-refractivity contribution is 9.10. The van der Waals surface area contributed by atoms with E-state index in [9.17, 15) is 9.18 Å². The van der Waals surface area contributed by atoms with Crippen LogP contribution in [0.2, 0.25) is 0 Å². The van der Waals surface area contributed by atoms with Crippen molar-refractivity contribution in [2.45, 2.75) is 31.7 Å². The van der Waals surface area contributed by atoms with E-state index in [0.717, 1.165) is 61.7 Å². The number of ether oxygens (including phenoxy) is 1. The second kappa shape index (κ2) is 9.31. The first-order valence-corrected chi connectivity index (χ1v) is 12.4. The number of fused-ring (bicyclic) bond motifs is 1. The normalized spacial score (nSPS) is 20.3. The van der Waals surface area contributed by atoms with E-state index in [1.165, 1.54) is 25.2 Å². The Morgan fingerprint density at radius 2 is 2.03 bits per heavy atom. The molecule has 3 aliphatic rings. The highest BCUT2D eigenvalue weighted by Crippen LogP contribution is 2.41. The zero-order chi connectivity index (χ0) is 23.0. The predicted octanol–water partition coefficient (Wildman–Crippen LogP) is 3.81. The summed E-state index contributed by atoms with van der Waals surface area (Å²) in [4.78, 5) is 21.6. The van der Waals surface area contributed by atoms with E-state index in [2.05, 4.69) is 43.2 Å². The van der Waals surface area contributed by atoms with Crippen molar-refractivity contribution in [1.82, 2.24) is 14.8 Å². The molecule has 0 bridgehead atoms. The van der Waals surface area contributed by atoms with Crippen LogP contribution in [0, 0.1) is 11.2 Å². The topological polar surface area (TPSA) is 57.7 Å². The summed E-state index contributed by atoms with van der Waals surface area (Å²) in [5.41, 5.74) is 3.33. The first-order chi connectivity index (χ1) is 15.9. The van der Waals surface area contributed by atoms with Gasteiger partial charge in [-0.15, -0.1) is 0 Å². The van der Waals surface area contributed by atoms with Crippen LogP contribution in [-0.4, -0.2) is 67.1 Å². The van der Waals surface area contributed by atoms with Crippen LogP contribution >= 0.6 is 15.9 Å². The number of hydrogen-bond acceptors (Lipinski definition) is 6. The fourth-order valence-corrected chi connectivity index (χ4v) is 6.01. The number of benzene rings is 1. The van der Waals surface area contributed by atoms with Gasteiger partial charge in [0.1, 0.15) is 11.6 Å². The molecule has 33 heavy (non-hydrogen) atoms. The van der Waals surface area contributed by atoms with Gasteiger partial charge in [-0.25, -0.2) is 9.37 Å². The Labute approximate surface area is 202 Å². The minimum Gasteiger partial charge on any atom is -0.469 e. The molecule has 1 aromatic heterocycles. The summed E-state index contributed by atoms with van der Waals surface area (Å²) < 4.78 is 20.2. The van der Waals surface area contributed by atoms with Gasteiger partial charge in [-0.05, 0) is 48.2 Å². The van der Waals surface area contributed by atoms with Gasteiger partial charge in [0.25, 0.3) is 0 Å². The number of anilines is 1. The fraction of sp³-hybridized carbons (Fsp3) is 0.520. The van der Waals surface area contributed by atoms with Crippen LogP contribution in [0.5, 0.6) is 0 Å². The summed E-state index contributed by atoms with van der Waals surface area (Å²) in [5.74, 6) is 0.247. The molecule has 1 atom stereocenters. The van der Waals surface area contributed by atoms with Crippen LogP contribution in [-0.2, 0) is 22.5 Å². The maximum Gasteiger partial charge on any atom is 0.306 e. The molecule has 2 fully saturated rings. The second-order valence-corrected chi connectivity index (χ2v) is 10.7. The number of likely N-dealkylation sites (tertiary alicyclic amines) is 2. The Morgan fingerprint density at radius 3 is 2.82 bits per heavy atom. The summed E-state index contributed by atoms with van der Waals surface area (Å²) in [6.07, 6.45) is 2.46.